The number of aliphatic hydroxyl groups is 1. The molecule has 0 atom stereocenters. The van der Waals surface area contributed by atoms with Gasteiger partial charge in [-0.05, 0) is 25.0 Å². The zero-order valence-electron chi connectivity index (χ0n) is 9.13. The lowest BCUT2D eigenvalue weighted by Crippen LogP contribution is -2.17. The van der Waals surface area contributed by atoms with E-state index in [1.165, 1.54) is 6.07 Å². The quantitative estimate of drug-likeness (QED) is 0.822. The maximum Gasteiger partial charge on any atom is 0.128 e. The number of halogens is 1. The lowest BCUT2D eigenvalue weighted by Gasteiger charge is -2.19. The molecule has 1 aliphatic rings. The van der Waals surface area contributed by atoms with Crippen LogP contribution in [0.1, 0.15) is 18.4 Å². The highest BCUT2D eigenvalue weighted by molar-refractivity contribution is 5.53. The van der Waals surface area contributed by atoms with Crippen molar-refractivity contribution in [2.24, 2.45) is 0 Å². The molecular weight excluding hydrogens is 193 g/mol. The number of benzene rings is 1. The summed E-state index contributed by atoms with van der Waals surface area (Å²) in [5.74, 6) is -0.221. The lowest BCUT2D eigenvalue weighted by atomic mass is 10.0. The highest BCUT2D eigenvalue weighted by Crippen LogP contribution is 2.40. The monoisotopic (exact) mass is 209 g/mol. The molecule has 82 valence electrons. The summed E-state index contributed by atoms with van der Waals surface area (Å²) in [6.07, 6.45) is 2.00. The first kappa shape index (κ1) is 10.4. The van der Waals surface area contributed by atoms with Crippen LogP contribution in [-0.4, -0.2) is 24.8 Å². The van der Waals surface area contributed by atoms with Crippen molar-refractivity contribution in [3.63, 3.8) is 0 Å². The predicted octanol–water partition coefficient (Wildman–Crippen LogP) is 1.96. The van der Waals surface area contributed by atoms with E-state index in [1.54, 1.807) is 6.07 Å². The maximum atomic E-state index is 13.6. The molecule has 0 radical (unpaired) electrons. The van der Waals surface area contributed by atoms with E-state index in [9.17, 15) is 9.50 Å². The Morgan fingerprint density at radius 2 is 2.07 bits per heavy atom. The molecule has 1 aromatic carbocycles. The summed E-state index contributed by atoms with van der Waals surface area (Å²) in [5.41, 5.74) is 0.838. The van der Waals surface area contributed by atoms with Crippen molar-refractivity contribution in [3.8, 4) is 0 Å². The fourth-order valence-corrected chi connectivity index (χ4v) is 1.79. The SMILES string of the molecule is CN(C)c1cccc(F)c1CC1(O)CC1. The van der Waals surface area contributed by atoms with Gasteiger partial charge in [-0.15, -0.1) is 0 Å². The Hall–Kier alpha value is -1.09. The molecule has 3 heteroatoms. The average Bonchev–Trinajstić information content (AvgIpc) is 2.87. The van der Waals surface area contributed by atoms with Crippen molar-refractivity contribution in [1.82, 2.24) is 0 Å². The van der Waals surface area contributed by atoms with Gasteiger partial charge in [0.05, 0.1) is 5.60 Å². The highest BCUT2D eigenvalue weighted by Gasteiger charge is 2.41. The second-order valence-electron chi connectivity index (χ2n) is 4.53. The molecule has 1 aromatic rings. The zero-order valence-corrected chi connectivity index (χ0v) is 9.13. The van der Waals surface area contributed by atoms with E-state index < -0.39 is 5.60 Å². The van der Waals surface area contributed by atoms with Crippen molar-refractivity contribution in [3.05, 3.63) is 29.6 Å². The fourth-order valence-electron chi connectivity index (χ4n) is 1.79. The van der Waals surface area contributed by atoms with Gasteiger partial charge in [-0.2, -0.15) is 0 Å². The number of hydrogen-bond donors (Lipinski definition) is 1. The van der Waals surface area contributed by atoms with Gasteiger partial charge in [0.1, 0.15) is 5.82 Å². The molecule has 1 aliphatic carbocycles. The molecule has 1 fully saturated rings. The average molecular weight is 209 g/mol. The molecule has 0 aliphatic heterocycles. The highest BCUT2D eigenvalue weighted by atomic mass is 19.1. The smallest absolute Gasteiger partial charge is 0.128 e. The summed E-state index contributed by atoms with van der Waals surface area (Å²) in [6, 6.07) is 5.03. The van der Waals surface area contributed by atoms with Crippen molar-refractivity contribution in [2.75, 3.05) is 19.0 Å². The van der Waals surface area contributed by atoms with Crippen LogP contribution in [0.4, 0.5) is 10.1 Å². The normalized spacial score (nSPS) is 17.6. The Kier molecular flexibility index (Phi) is 2.43. The Bertz CT molecular complexity index is 372. The summed E-state index contributed by atoms with van der Waals surface area (Å²) in [7, 11) is 3.77. The Balaban J connectivity index is 2.34. The first-order valence-electron chi connectivity index (χ1n) is 5.19. The molecule has 15 heavy (non-hydrogen) atoms. The van der Waals surface area contributed by atoms with Gasteiger partial charge < -0.3 is 10.0 Å². The van der Waals surface area contributed by atoms with Crippen LogP contribution in [0.5, 0.6) is 0 Å². The topological polar surface area (TPSA) is 23.5 Å². The van der Waals surface area contributed by atoms with E-state index >= 15 is 0 Å². The van der Waals surface area contributed by atoms with Gasteiger partial charge in [0.2, 0.25) is 0 Å². The summed E-state index contributed by atoms with van der Waals surface area (Å²) in [4.78, 5) is 1.88. The Morgan fingerprint density at radius 3 is 2.60 bits per heavy atom. The van der Waals surface area contributed by atoms with Gasteiger partial charge in [-0.25, -0.2) is 4.39 Å². The molecule has 2 nitrogen and oxygen atoms in total. The predicted molar refractivity (Wildman–Crippen MR) is 58.6 cm³/mol. The third-order valence-electron chi connectivity index (χ3n) is 2.91. The van der Waals surface area contributed by atoms with Crippen LogP contribution in [0.2, 0.25) is 0 Å². The molecule has 0 heterocycles. The molecule has 0 aromatic heterocycles. The molecule has 0 bridgehead atoms. The first-order valence-corrected chi connectivity index (χ1v) is 5.19. The first-order chi connectivity index (χ1) is 7.02. The largest absolute Gasteiger partial charge is 0.390 e. The summed E-state index contributed by atoms with van der Waals surface area (Å²) >= 11 is 0. The molecule has 0 spiro atoms. The second kappa shape index (κ2) is 3.49. The molecule has 0 saturated heterocycles. The van der Waals surface area contributed by atoms with Crippen LogP contribution >= 0.6 is 0 Å². The number of rotatable bonds is 3. The van der Waals surface area contributed by atoms with Gasteiger partial charge in [-0.1, -0.05) is 6.07 Å². The van der Waals surface area contributed by atoms with E-state index in [0.29, 0.717) is 12.0 Å². The summed E-state index contributed by atoms with van der Waals surface area (Å²) in [5, 5.41) is 9.83. The van der Waals surface area contributed by atoms with Crippen LogP contribution in [0.3, 0.4) is 0 Å². The van der Waals surface area contributed by atoms with E-state index in [1.807, 2.05) is 25.1 Å². The summed E-state index contributed by atoms with van der Waals surface area (Å²) < 4.78 is 13.6. The van der Waals surface area contributed by atoms with E-state index in [4.69, 9.17) is 0 Å². The second-order valence-corrected chi connectivity index (χ2v) is 4.53. The van der Waals surface area contributed by atoms with Crippen LogP contribution in [0, 0.1) is 5.82 Å². The van der Waals surface area contributed by atoms with Gasteiger partial charge in [0, 0.05) is 31.8 Å². The van der Waals surface area contributed by atoms with Crippen molar-refractivity contribution in [2.45, 2.75) is 24.9 Å². The van der Waals surface area contributed by atoms with Crippen molar-refractivity contribution in [1.29, 1.82) is 0 Å². The molecule has 1 N–H and O–H groups in total. The third-order valence-corrected chi connectivity index (χ3v) is 2.91. The van der Waals surface area contributed by atoms with Gasteiger partial charge in [0.15, 0.2) is 0 Å². The van der Waals surface area contributed by atoms with Gasteiger partial charge >= 0.3 is 0 Å². The number of nitrogens with zero attached hydrogens (tertiary/aromatic N) is 1. The zero-order chi connectivity index (χ0) is 11.1. The minimum absolute atomic E-state index is 0.221. The van der Waals surface area contributed by atoms with E-state index in [-0.39, 0.29) is 5.82 Å². The molecular formula is C12H16FNO. The van der Waals surface area contributed by atoms with Crippen LogP contribution < -0.4 is 4.90 Å². The van der Waals surface area contributed by atoms with Gasteiger partial charge in [-0.3, -0.25) is 0 Å². The fraction of sp³-hybridized carbons (Fsp3) is 0.500. The summed E-state index contributed by atoms with van der Waals surface area (Å²) in [6.45, 7) is 0. The minimum Gasteiger partial charge on any atom is -0.390 e. The standard InChI is InChI=1S/C12H16FNO/c1-14(2)11-5-3-4-10(13)9(11)8-12(15)6-7-12/h3-5,15H,6-8H2,1-2H3. The number of hydrogen-bond acceptors (Lipinski definition) is 2. The lowest BCUT2D eigenvalue weighted by molar-refractivity contribution is 0.150. The molecule has 2 rings (SSSR count). The molecule has 0 unspecified atom stereocenters. The van der Waals surface area contributed by atoms with Gasteiger partial charge in [0.25, 0.3) is 0 Å². The van der Waals surface area contributed by atoms with Crippen LogP contribution in [0.15, 0.2) is 18.2 Å². The molecule has 1 saturated carbocycles. The van der Waals surface area contributed by atoms with E-state index in [0.717, 1.165) is 18.5 Å². The van der Waals surface area contributed by atoms with Crippen LogP contribution in [-0.2, 0) is 6.42 Å². The Labute approximate surface area is 89.3 Å². The van der Waals surface area contributed by atoms with Crippen LogP contribution in [0.25, 0.3) is 0 Å². The van der Waals surface area contributed by atoms with E-state index in [2.05, 4.69) is 0 Å². The minimum atomic E-state index is -0.646. The Morgan fingerprint density at radius 1 is 1.40 bits per heavy atom. The maximum absolute atomic E-state index is 13.6. The van der Waals surface area contributed by atoms with Crippen molar-refractivity contribution >= 4 is 5.69 Å². The van der Waals surface area contributed by atoms with Crippen molar-refractivity contribution < 1.29 is 9.50 Å². The number of anilines is 1. The third kappa shape index (κ3) is 2.12. The molecule has 0 amide bonds.